The molecule has 2 aromatic heterocycles. The zero-order valence-electron chi connectivity index (χ0n) is 18.1. The molecule has 0 radical (unpaired) electrons. The Balaban J connectivity index is 1.36. The quantitative estimate of drug-likeness (QED) is 0.227. The van der Waals surface area contributed by atoms with Crippen LogP contribution in [0.15, 0.2) is 24.8 Å². The van der Waals surface area contributed by atoms with Crippen molar-refractivity contribution in [2.45, 2.75) is 17.9 Å². The van der Waals surface area contributed by atoms with Gasteiger partial charge in [0.1, 0.15) is 11.6 Å². The zero-order chi connectivity index (χ0) is 22.3. The highest BCUT2D eigenvalue weighted by molar-refractivity contribution is 7.98. The second-order valence-electron chi connectivity index (χ2n) is 6.73. The van der Waals surface area contributed by atoms with E-state index in [9.17, 15) is 0 Å². The summed E-state index contributed by atoms with van der Waals surface area (Å²) in [6.07, 6.45) is 8.53. The van der Waals surface area contributed by atoms with Crippen LogP contribution in [0.5, 0.6) is 0 Å². The summed E-state index contributed by atoms with van der Waals surface area (Å²) >= 11 is 14.3. The third-order valence-electron chi connectivity index (χ3n) is 4.29. The van der Waals surface area contributed by atoms with Crippen molar-refractivity contribution in [1.82, 2.24) is 40.4 Å². The van der Waals surface area contributed by atoms with Crippen LogP contribution >= 0.6 is 48.0 Å². The van der Waals surface area contributed by atoms with Gasteiger partial charge in [0.25, 0.3) is 0 Å². The Hall–Kier alpha value is -1.50. The molecule has 172 valence electrons. The van der Waals surface area contributed by atoms with Crippen molar-refractivity contribution in [2.75, 3.05) is 37.7 Å². The fraction of sp³-hybridized carbons (Fsp3) is 0.579. The number of aryl methyl sites for hydroxylation is 2. The molecule has 31 heavy (non-hydrogen) atoms. The topological polar surface area (TPSA) is 83.8 Å². The van der Waals surface area contributed by atoms with Crippen molar-refractivity contribution >= 4 is 58.2 Å². The Kier molecular flexibility index (Phi) is 12.7. The van der Waals surface area contributed by atoms with Gasteiger partial charge in [-0.1, -0.05) is 0 Å². The third kappa shape index (κ3) is 11.1. The van der Waals surface area contributed by atoms with Gasteiger partial charge in [-0.3, -0.25) is 0 Å². The van der Waals surface area contributed by atoms with Crippen molar-refractivity contribution < 1.29 is 0 Å². The molecule has 2 aromatic rings. The number of rotatable bonds is 14. The van der Waals surface area contributed by atoms with Crippen molar-refractivity contribution in [1.29, 1.82) is 0 Å². The molecule has 0 unspecified atom stereocenters. The first kappa shape index (κ1) is 25.8. The maximum Gasteiger partial charge on any atom is 0.166 e. The van der Waals surface area contributed by atoms with E-state index < -0.39 is 0 Å². The molecule has 0 bridgehead atoms. The van der Waals surface area contributed by atoms with Crippen LogP contribution in [-0.2, 0) is 25.6 Å². The number of nitrogens with zero attached hydrogens (tertiary/aromatic N) is 4. The molecule has 2 rings (SSSR count). The molecule has 8 nitrogen and oxygen atoms in total. The molecule has 0 spiro atoms. The zero-order valence-corrected chi connectivity index (χ0v) is 21.4. The fourth-order valence-electron chi connectivity index (χ4n) is 2.49. The van der Waals surface area contributed by atoms with E-state index in [1.807, 2.05) is 71.5 Å². The average Bonchev–Trinajstić information content (AvgIpc) is 3.35. The Labute approximate surface area is 204 Å². The lowest BCUT2D eigenvalue weighted by Gasteiger charge is -2.12. The number of imidazole rings is 2. The van der Waals surface area contributed by atoms with Crippen molar-refractivity contribution in [2.24, 2.45) is 14.1 Å². The second-order valence-corrected chi connectivity index (χ2v) is 9.76. The lowest BCUT2D eigenvalue weighted by Crippen LogP contribution is -2.40. The van der Waals surface area contributed by atoms with Crippen LogP contribution in [0.1, 0.15) is 18.1 Å². The number of hydrogen-bond donors (Lipinski definition) is 4. The molecule has 4 N–H and O–H groups in total. The molecule has 0 amide bonds. The summed E-state index contributed by atoms with van der Waals surface area (Å²) in [5, 5.41) is 14.3. The van der Waals surface area contributed by atoms with Gasteiger partial charge in [-0.15, -0.1) is 0 Å². The number of aromatic nitrogens is 4. The van der Waals surface area contributed by atoms with E-state index in [1.165, 1.54) is 0 Å². The van der Waals surface area contributed by atoms with Gasteiger partial charge in [0.2, 0.25) is 0 Å². The molecule has 0 saturated carbocycles. The SMILES string of the molecule is Cn1ccnc1CSCCNC(=S)NCCCNC(=S)NCCSCc1nccn1C. The number of nitrogens with one attached hydrogen (secondary N) is 4. The van der Waals surface area contributed by atoms with Crippen molar-refractivity contribution in [3.63, 3.8) is 0 Å². The first-order valence-corrected chi connectivity index (χ1v) is 13.3. The average molecular weight is 501 g/mol. The lowest BCUT2D eigenvalue weighted by molar-refractivity contribution is 0.726. The summed E-state index contributed by atoms with van der Waals surface area (Å²) in [6.45, 7) is 3.29. The van der Waals surface area contributed by atoms with Crippen molar-refractivity contribution in [3.05, 3.63) is 36.4 Å². The minimum absolute atomic E-state index is 0.697. The minimum Gasteiger partial charge on any atom is -0.363 e. The highest BCUT2D eigenvalue weighted by Crippen LogP contribution is 2.09. The van der Waals surface area contributed by atoms with E-state index in [-0.39, 0.29) is 0 Å². The number of thioether (sulfide) groups is 2. The molecule has 12 heteroatoms. The molecule has 0 aromatic carbocycles. The molecule has 0 aliphatic heterocycles. The van der Waals surface area contributed by atoms with Gasteiger partial charge in [-0.25, -0.2) is 9.97 Å². The summed E-state index contributed by atoms with van der Waals surface area (Å²) in [4.78, 5) is 8.63. The standard InChI is InChI=1S/C19H32N8S4/c1-26-10-6-20-16(26)14-30-12-8-24-18(28)22-4-3-5-23-19(29)25-9-13-31-15-17-21-7-11-27(17)2/h6-7,10-11H,3-5,8-9,12-15H2,1-2H3,(H2,22,24,28)(H2,23,25,29). The van der Waals surface area contributed by atoms with E-state index in [2.05, 4.69) is 31.2 Å². The molecular weight excluding hydrogens is 469 g/mol. The van der Waals surface area contributed by atoms with E-state index in [4.69, 9.17) is 24.4 Å². The van der Waals surface area contributed by atoms with Crippen LogP contribution in [-0.4, -0.2) is 67.0 Å². The summed E-state index contributed by atoms with van der Waals surface area (Å²) < 4.78 is 4.09. The predicted octanol–water partition coefficient (Wildman–Crippen LogP) is 1.64. The molecular formula is C19H32N8S4. The van der Waals surface area contributed by atoms with Crippen LogP contribution in [0, 0.1) is 0 Å². The lowest BCUT2D eigenvalue weighted by atomic mass is 10.4. The monoisotopic (exact) mass is 500 g/mol. The summed E-state index contributed by atoms with van der Waals surface area (Å²) in [5.41, 5.74) is 0. The number of hydrogen-bond acceptors (Lipinski definition) is 6. The summed E-state index contributed by atoms with van der Waals surface area (Å²) in [7, 11) is 4.03. The highest BCUT2D eigenvalue weighted by atomic mass is 32.2. The normalized spacial score (nSPS) is 10.6. The fourth-order valence-corrected chi connectivity index (χ4v) is 4.60. The van der Waals surface area contributed by atoms with Gasteiger partial charge in [0.15, 0.2) is 10.2 Å². The highest BCUT2D eigenvalue weighted by Gasteiger charge is 2.01. The van der Waals surface area contributed by atoms with Crippen LogP contribution in [0.2, 0.25) is 0 Å². The smallest absolute Gasteiger partial charge is 0.166 e. The Morgan fingerprint density at radius 3 is 1.58 bits per heavy atom. The van der Waals surface area contributed by atoms with Crippen LogP contribution in [0.25, 0.3) is 0 Å². The van der Waals surface area contributed by atoms with E-state index in [0.29, 0.717) is 10.2 Å². The maximum atomic E-state index is 5.31. The Morgan fingerprint density at radius 2 is 1.19 bits per heavy atom. The van der Waals surface area contributed by atoms with Crippen LogP contribution in [0.3, 0.4) is 0 Å². The van der Waals surface area contributed by atoms with Gasteiger partial charge in [0.05, 0.1) is 11.5 Å². The van der Waals surface area contributed by atoms with Gasteiger partial charge >= 0.3 is 0 Å². The van der Waals surface area contributed by atoms with E-state index in [1.54, 1.807) is 0 Å². The number of thiocarbonyl (C=S) groups is 2. The van der Waals surface area contributed by atoms with E-state index in [0.717, 1.165) is 67.3 Å². The van der Waals surface area contributed by atoms with Gasteiger partial charge < -0.3 is 30.4 Å². The molecule has 0 aliphatic carbocycles. The van der Waals surface area contributed by atoms with Gasteiger partial charge in [0, 0.05) is 76.6 Å². The predicted molar refractivity (Wildman–Crippen MR) is 141 cm³/mol. The Morgan fingerprint density at radius 1 is 0.774 bits per heavy atom. The van der Waals surface area contributed by atoms with Gasteiger partial charge in [-0.2, -0.15) is 23.5 Å². The molecule has 0 atom stereocenters. The van der Waals surface area contributed by atoms with E-state index >= 15 is 0 Å². The third-order valence-corrected chi connectivity index (χ3v) is 6.78. The molecule has 0 fully saturated rings. The largest absolute Gasteiger partial charge is 0.363 e. The second kappa shape index (κ2) is 15.3. The Bertz CT molecular complexity index is 727. The molecule has 2 heterocycles. The summed E-state index contributed by atoms with van der Waals surface area (Å²) in [6, 6.07) is 0. The van der Waals surface area contributed by atoms with Crippen LogP contribution in [0.4, 0.5) is 0 Å². The first-order chi connectivity index (χ1) is 15.1. The van der Waals surface area contributed by atoms with Crippen molar-refractivity contribution in [3.8, 4) is 0 Å². The molecule has 0 aliphatic rings. The summed E-state index contributed by atoms with van der Waals surface area (Å²) in [5.74, 6) is 5.97. The van der Waals surface area contributed by atoms with Crippen LogP contribution < -0.4 is 21.3 Å². The minimum atomic E-state index is 0.697. The first-order valence-electron chi connectivity index (χ1n) is 10.2. The maximum absolute atomic E-state index is 5.31. The molecule has 0 saturated heterocycles. The van der Waals surface area contributed by atoms with Gasteiger partial charge in [-0.05, 0) is 30.9 Å².